The van der Waals surface area contributed by atoms with Gasteiger partial charge in [-0.05, 0) is 0 Å². The van der Waals surface area contributed by atoms with E-state index in [0.717, 1.165) is 0 Å². The SMILES string of the molecule is CC(=O)OC[C@H]1O[C@@H](n2cnc3c(N[C@H]4CC(=O)NC4=O)ncnc32)[C@H](OC(C)=O)[C@@H]1OC(C)=O. The Labute approximate surface area is 197 Å². The lowest BCUT2D eigenvalue weighted by molar-refractivity contribution is -0.166. The average molecular weight is 490 g/mol. The number of nitrogens with zero attached hydrogens (tertiary/aromatic N) is 4. The smallest absolute Gasteiger partial charge is 0.303 e. The number of esters is 3. The number of nitrogens with one attached hydrogen (secondary N) is 2. The quantitative estimate of drug-likeness (QED) is 0.273. The molecule has 0 unspecified atom stereocenters. The van der Waals surface area contributed by atoms with Crippen molar-refractivity contribution < 1.29 is 42.9 Å². The molecule has 0 radical (unpaired) electrons. The minimum absolute atomic E-state index is 0.0623. The monoisotopic (exact) mass is 490 g/mol. The maximum atomic E-state index is 11.9. The van der Waals surface area contributed by atoms with Gasteiger partial charge in [0.15, 0.2) is 35.4 Å². The van der Waals surface area contributed by atoms with Crippen molar-refractivity contribution in [3.63, 3.8) is 0 Å². The van der Waals surface area contributed by atoms with E-state index in [1.54, 1.807) is 0 Å². The standard InChI is InChI=1S/C20H22N6O9/c1-8(27)32-5-12-15(33-9(2)28)16(34-10(3)29)20(35-12)26-7-23-14-17(21-6-22-18(14)26)24-11-4-13(30)25-19(11)31/h6-7,11-12,15-16,20H,4-5H2,1-3H3,(H,21,22,24)(H,25,30,31)/t11-,12+,15+,16+,20+/m0/s1. The topological polar surface area (TPSA) is 190 Å². The Morgan fingerprint density at radius 3 is 2.43 bits per heavy atom. The van der Waals surface area contributed by atoms with Crippen molar-refractivity contribution in [2.24, 2.45) is 0 Å². The molecular formula is C20H22N6O9. The lowest BCUT2D eigenvalue weighted by atomic mass is 10.1. The lowest BCUT2D eigenvalue weighted by Gasteiger charge is -2.23. The predicted molar refractivity (Wildman–Crippen MR) is 112 cm³/mol. The number of anilines is 1. The highest BCUT2D eigenvalue weighted by Gasteiger charge is 2.51. The summed E-state index contributed by atoms with van der Waals surface area (Å²) in [6.45, 7) is 3.32. The summed E-state index contributed by atoms with van der Waals surface area (Å²) < 4.78 is 23.3. The van der Waals surface area contributed by atoms with Gasteiger partial charge in [0.25, 0.3) is 0 Å². The zero-order valence-corrected chi connectivity index (χ0v) is 18.9. The molecule has 0 aliphatic carbocycles. The molecule has 2 aliphatic rings. The molecule has 15 nitrogen and oxygen atoms in total. The van der Waals surface area contributed by atoms with Crippen molar-refractivity contribution in [3.8, 4) is 0 Å². The minimum atomic E-state index is -1.13. The molecule has 2 N–H and O–H groups in total. The molecule has 2 fully saturated rings. The molecule has 4 heterocycles. The van der Waals surface area contributed by atoms with Crippen LogP contribution >= 0.6 is 0 Å². The van der Waals surface area contributed by atoms with Crippen LogP contribution in [0.15, 0.2) is 12.7 Å². The molecule has 5 atom stereocenters. The van der Waals surface area contributed by atoms with E-state index < -0.39 is 60.3 Å². The fourth-order valence-corrected chi connectivity index (χ4v) is 3.90. The molecule has 2 aromatic heterocycles. The zero-order valence-electron chi connectivity index (χ0n) is 18.9. The van der Waals surface area contributed by atoms with Crippen LogP contribution in [0.5, 0.6) is 0 Å². The first-order chi connectivity index (χ1) is 16.6. The molecule has 15 heteroatoms. The van der Waals surface area contributed by atoms with Gasteiger partial charge in [0.2, 0.25) is 11.8 Å². The fraction of sp³-hybridized carbons (Fsp3) is 0.500. The Morgan fingerprint density at radius 1 is 1.09 bits per heavy atom. The Kier molecular flexibility index (Phi) is 6.59. The second-order valence-corrected chi connectivity index (χ2v) is 7.88. The number of carbonyl (C=O) groups is 5. The van der Waals surface area contributed by atoms with Crippen LogP contribution < -0.4 is 10.6 Å². The van der Waals surface area contributed by atoms with Crippen LogP contribution in [-0.4, -0.2) is 80.2 Å². The third-order valence-electron chi connectivity index (χ3n) is 5.25. The number of carbonyl (C=O) groups excluding carboxylic acids is 5. The highest BCUT2D eigenvalue weighted by atomic mass is 16.7. The van der Waals surface area contributed by atoms with Crippen LogP contribution in [0.4, 0.5) is 5.82 Å². The maximum Gasteiger partial charge on any atom is 0.303 e. The number of rotatable bonds is 7. The Hall–Kier alpha value is -4.14. The van der Waals surface area contributed by atoms with E-state index in [2.05, 4.69) is 25.6 Å². The first-order valence-corrected chi connectivity index (χ1v) is 10.5. The van der Waals surface area contributed by atoms with Crippen molar-refractivity contribution in [1.82, 2.24) is 24.8 Å². The number of imide groups is 1. The van der Waals surface area contributed by atoms with Gasteiger partial charge < -0.3 is 24.3 Å². The van der Waals surface area contributed by atoms with Crippen LogP contribution in [0.2, 0.25) is 0 Å². The van der Waals surface area contributed by atoms with Gasteiger partial charge in [0.05, 0.1) is 12.7 Å². The summed E-state index contributed by atoms with van der Waals surface area (Å²) >= 11 is 0. The molecule has 0 spiro atoms. The summed E-state index contributed by atoms with van der Waals surface area (Å²) in [4.78, 5) is 71.0. The molecule has 2 aromatic rings. The number of amides is 2. The van der Waals surface area contributed by atoms with Crippen LogP contribution in [0.1, 0.15) is 33.4 Å². The van der Waals surface area contributed by atoms with Gasteiger partial charge in [-0.1, -0.05) is 0 Å². The van der Waals surface area contributed by atoms with Crippen LogP contribution in [-0.2, 0) is 42.9 Å². The summed E-state index contributed by atoms with van der Waals surface area (Å²) in [6.07, 6.45) is -1.73. The van der Waals surface area contributed by atoms with Gasteiger partial charge in [-0.15, -0.1) is 0 Å². The Bertz CT molecular complexity index is 1200. The Morgan fingerprint density at radius 2 is 1.80 bits per heavy atom. The summed E-state index contributed by atoms with van der Waals surface area (Å²) in [7, 11) is 0. The van der Waals surface area contributed by atoms with Gasteiger partial charge in [-0.2, -0.15) is 0 Å². The number of hydrogen-bond acceptors (Lipinski definition) is 13. The van der Waals surface area contributed by atoms with Gasteiger partial charge in [-0.25, -0.2) is 15.0 Å². The third-order valence-corrected chi connectivity index (χ3v) is 5.25. The number of hydrogen-bond donors (Lipinski definition) is 2. The van der Waals surface area contributed by atoms with E-state index in [1.807, 2.05) is 0 Å². The molecule has 2 amide bonds. The fourth-order valence-electron chi connectivity index (χ4n) is 3.90. The average Bonchev–Trinajstić information content (AvgIpc) is 3.42. The number of fused-ring (bicyclic) bond motifs is 1. The summed E-state index contributed by atoms with van der Waals surface area (Å²) in [5, 5.41) is 5.07. The molecule has 0 saturated carbocycles. The molecule has 186 valence electrons. The largest absolute Gasteiger partial charge is 0.463 e. The predicted octanol–water partition coefficient (Wildman–Crippen LogP) is -1.02. The molecule has 35 heavy (non-hydrogen) atoms. The molecule has 4 rings (SSSR count). The van der Waals surface area contributed by atoms with Crippen LogP contribution in [0.3, 0.4) is 0 Å². The zero-order chi connectivity index (χ0) is 25.3. The Balaban J connectivity index is 1.68. The summed E-state index contributed by atoms with van der Waals surface area (Å²) in [6, 6.07) is -0.830. The lowest BCUT2D eigenvalue weighted by Crippen LogP contribution is -2.40. The van der Waals surface area contributed by atoms with Gasteiger partial charge in [0.1, 0.15) is 25.1 Å². The van der Waals surface area contributed by atoms with Crippen molar-refractivity contribution in [3.05, 3.63) is 12.7 Å². The van der Waals surface area contributed by atoms with Crippen molar-refractivity contribution >= 4 is 46.7 Å². The molecule has 2 saturated heterocycles. The highest BCUT2D eigenvalue weighted by Crippen LogP contribution is 2.36. The van der Waals surface area contributed by atoms with E-state index in [9.17, 15) is 24.0 Å². The van der Waals surface area contributed by atoms with Crippen LogP contribution in [0, 0.1) is 0 Å². The number of ether oxygens (including phenoxy) is 4. The first kappa shape index (κ1) is 24.0. The summed E-state index contributed by atoms with van der Waals surface area (Å²) in [5.74, 6) is -2.60. The minimum Gasteiger partial charge on any atom is -0.463 e. The van der Waals surface area contributed by atoms with Gasteiger partial charge in [0, 0.05) is 20.8 Å². The van der Waals surface area contributed by atoms with E-state index in [4.69, 9.17) is 18.9 Å². The van der Waals surface area contributed by atoms with Crippen molar-refractivity contribution in [2.45, 2.75) is 57.8 Å². The third kappa shape index (κ3) is 5.03. The number of imidazole rings is 1. The molecule has 0 aromatic carbocycles. The van der Waals surface area contributed by atoms with Crippen molar-refractivity contribution in [2.75, 3.05) is 11.9 Å². The maximum absolute atomic E-state index is 11.9. The van der Waals surface area contributed by atoms with Crippen LogP contribution in [0.25, 0.3) is 11.2 Å². The second kappa shape index (κ2) is 9.61. The normalized spacial score (nSPS) is 25.9. The molecule has 2 aliphatic heterocycles. The van der Waals surface area contributed by atoms with E-state index in [-0.39, 0.29) is 30.0 Å². The molecule has 0 bridgehead atoms. The molecular weight excluding hydrogens is 468 g/mol. The van der Waals surface area contributed by atoms with E-state index in [0.29, 0.717) is 0 Å². The van der Waals surface area contributed by atoms with Gasteiger partial charge in [-0.3, -0.25) is 33.9 Å². The van der Waals surface area contributed by atoms with Gasteiger partial charge >= 0.3 is 17.9 Å². The number of aromatic nitrogens is 4. The highest BCUT2D eigenvalue weighted by molar-refractivity contribution is 6.07. The first-order valence-electron chi connectivity index (χ1n) is 10.5. The second-order valence-electron chi connectivity index (χ2n) is 7.88. The van der Waals surface area contributed by atoms with Crippen molar-refractivity contribution in [1.29, 1.82) is 0 Å². The van der Waals surface area contributed by atoms with E-state index in [1.165, 1.54) is 38.0 Å². The summed E-state index contributed by atoms with van der Waals surface area (Å²) in [5.41, 5.74) is 0.487. The van der Waals surface area contributed by atoms with E-state index >= 15 is 0 Å².